The molecule has 2 atom stereocenters. The van der Waals surface area contributed by atoms with E-state index in [-0.39, 0.29) is 18.0 Å². The summed E-state index contributed by atoms with van der Waals surface area (Å²) in [5.41, 5.74) is 5.43. The Morgan fingerprint density at radius 2 is 1.86 bits per heavy atom. The molecule has 0 bridgehead atoms. The molecule has 0 amide bonds. The third kappa shape index (κ3) is 5.04. The number of aliphatic hydroxyl groups is 1. The van der Waals surface area contributed by atoms with E-state index in [1.54, 1.807) is 0 Å². The molecule has 7 nitrogen and oxygen atoms in total. The molecule has 21 heavy (non-hydrogen) atoms. The molecule has 0 radical (unpaired) electrons. The Morgan fingerprint density at radius 3 is 2.33 bits per heavy atom. The van der Waals surface area contributed by atoms with E-state index in [1.165, 1.54) is 0 Å². The standard InChI is InChI=1S/C13H20N2O5.ClH/c1-7(2)3-4-10(16)12(14)8-5-9(15(19)20)13(18)11(17)6-8;/h5-7,10,12,16-18H,3-4,14H2,1-2H3;1H/t10-,12+;/m0./s1. The smallest absolute Gasteiger partial charge is 0.314 e. The number of phenols is 2. The van der Waals surface area contributed by atoms with E-state index in [1.807, 2.05) is 13.8 Å². The highest BCUT2D eigenvalue weighted by molar-refractivity contribution is 5.85. The first-order valence-corrected chi connectivity index (χ1v) is 6.38. The second kappa shape index (κ2) is 8.02. The predicted octanol–water partition coefficient (Wildman–Crippen LogP) is 2.22. The fourth-order valence-corrected chi connectivity index (χ4v) is 1.86. The normalized spacial score (nSPS) is 13.6. The van der Waals surface area contributed by atoms with Crippen LogP contribution in [0.2, 0.25) is 0 Å². The molecule has 0 aliphatic carbocycles. The van der Waals surface area contributed by atoms with Gasteiger partial charge in [0.15, 0.2) is 5.75 Å². The Hall–Kier alpha value is -1.57. The van der Waals surface area contributed by atoms with Gasteiger partial charge < -0.3 is 21.1 Å². The van der Waals surface area contributed by atoms with Crippen LogP contribution in [0.15, 0.2) is 12.1 Å². The SMILES string of the molecule is CC(C)CC[C@H](O)[C@H](N)c1cc(O)c(O)c([N+](=O)[O-])c1.Cl. The van der Waals surface area contributed by atoms with Crippen LogP contribution in [0.3, 0.4) is 0 Å². The van der Waals surface area contributed by atoms with E-state index >= 15 is 0 Å². The molecule has 0 aliphatic rings. The molecule has 0 heterocycles. The monoisotopic (exact) mass is 320 g/mol. The van der Waals surface area contributed by atoms with Gasteiger partial charge >= 0.3 is 5.69 Å². The summed E-state index contributed by atoms with van der Waals surface area (Å²) < 4.78 is 0. The molecule has 1 rings (SSSR count). The van der Waals surface area contributed by atoms with Gasteiger partial charge in [0, 0.05) is 6.07 Å². The summed E-state index contributed by atoms with van der Waals surface area (Å²) in [5, 5.41) is 39.6. The molecule has 0 aromatic heterocycles. The third-order valence-electron chi connectivity index (χ3n) is 3.13. The van der Waals surface area contributed by atoms with E-state index in [4.69, 9.17) is 5.73 Å². The number of rotatable bonds is 6. The minimum absolute atomic E-state index is 0. The van der Waals surface area contributed by atoms with Gasteiger partial charge in [-0.1, -0.05) is 13.8 Å². The first-order chi connectivity index (χ1) is 9.23. The maximum absolute atomic E-state index is 10.8. The molecule has 8 heteroatoms. The molecule has 0 saturated heterocycles. The van der Waals surface area contributed by atoms with Crippen LogP contribution in [-0.2, 0) is 0 Å². The molecule has 0 fully saturated rings. The predicted molar refractivity (Wildman–Crippen MR) is 80.7 cm³/mol. The minimum atomic E-state index is -0.874. The lowest BCUT2D eigenvalue weighted by Crippen LogP contribution is -2.26. The summed E-state index contributed by atoms with van der Waals surface area (Å²) in [7, 11) is 0. The first kappa shape index (κ1) is 19.4. The fraction of sp³-hybridized carbons (Fsp3) is 0.538. The first-order valence-electron chi connectivity index (χ1n) is 6.38. The van der Waals surface area contributed by atoms with Crippen molar-refractivity contribution >= 4 is 18.1 Å². The quantitative estimate of drug-likeness (QED) is 0.361. The van der Waals surface area contributed by atoms with Gasteiger partial charge in [-0.15, -0.1) is 12.4 Å². The van der Waals surface area contributed by atoms with Crippen molar-refractivity contribution < 1.29 is 20.2 Å². The average Bonchev–Trinajstić information content (AvgIpc) is 2.37. The molecule has 5 N–H and O–H groups in total. The topological polar surface area (TPSA) is 130 Å². The zero-order valence-electron chi connectivity index (χ0n) is 11.9. The molecule has 0 spiro atoms. The van der Waals surface area contributed by atoms with E-state index in [0.717, 1.165) is 18.6 Å². The number of nitrogens with zero attached hydrogens (tertiary/aromatic N) is 1. The molecular formula is C13H21ClN2O5. The highest BCUT2D eigenvalue weighted by Gasteiger charge is 2.24. The second-order valence-corrected chi connectivity index (χ2v) is 5.23. The van der Waals surface area contributed by atoms with Gasteiger partial charge in [0.25, 0.3) is 0 Å². The van der Waals surface area contributed by atoms with Crippen molar-refractivity contribution in [1.29, 1.82) is 0 Å². The Labute approximate surface area is 129 Å². The van der Waals surface area contributed by atoms with Crippen LogP contribution < -0.4 is 5.73 Å². The van der Waals surface area contributed by atoms with Crippen LogP contribution in [0.25, 0.3) is 0 Å². The Balaban J connectivity index is 0.00000400. The van der Waals surface area contributed by atoms with Crippen LogP contribution in [-0.4, -0.2) is 26.3 Å². The molecule has 1 aromatic carbocycles. The summed E-state index contributed by atoms with van der Waals surface area (Å²) in [5.74, 6) is -1.03. The molecule has 0 unspecified atom stereocenters. The van der Waals surface area contributed by atoms with Crippen molar-refractivity contribution in [3.05, 3.63) is 27.8 Å². The van der Waals surface area contributed by atoms with Gasteiger partial charge in [-0.3, -0.25) is 10.1 Å². The molecular weight excluding hydrogens is 300 g/mol. The number of nitro benzene ring substituents is 1. The Morgan fingerprint density at radius 1 is 1.29 bits per heavy atom. The lowest BCUT2D eigenvalue weighted by Gasteiger charge is -2.20. The van der Waals surface area contributed by atoms with Crippen molar-refractivity contribution in [2.45, 2.75) is 38.8 Å². The summed E-state index contributed by atoms with van der Waals surface area (Å²) >= 11 is 0. The summed E-state index contributed by atoms with van der Waals surface area (Å²) in [6.07, 6.45) is 0.343. The molecule has 120 valence electrons. The van der Waals surface area contributed by atoms with Crippen LogP contribution in [0.1, 0.15) is 38.3 Å². The van der Waals surface area contributed by atoms with Crippen LogP contribution in [0.5, 0.6) is 11.5 Å². The average molecular weight is 321 g/mol. The Bertz CT molecular complexity index is 496. The minimum Gasteiger partial charge on any atom is -0.504 e. The number of aliphatic hydroxyl groups excluding tert-OH is 1. The number of hydrogen-bond acceptors (Lipinski definition) is 6. The number of nitrogens with two attached hydrogens (primary N) is 1. The highest BCUT2D eigenvalue weighted by atomic mass is 35.5. The summed E-state index contributed by atoms with van der Waals surface area (Å²) in [4.78, 5) is 9.95. The highest BCUT2D eigenvalue weighted by Crippen LogP contribution is 2.38. The molecule has 0 saturated carbocycles. The number of benzene rings is 1. The van der Waals surface area contributed by atoms with Crippen molar-refractivity contribution in [3.63, 3.8) is 0 Å². The van der Waals surface area contributed by atoms with E-state index < -0.39 is 34.3 Å². The lowest BCUT2D eigenvalue weighted by molar-refractivity contribution is -0.386. The number of halogens is 1. The fourth-order valence-electron chi connectivity index (χ4n) is 1.86. The summed E-state index contributed by atoms with van der Waals surface area (Å²) in [6, 6.07) is 1.34. The molecule has 0 aliphatic heterocycles. The second-order valence-electron chi connectivity index (χ2n) is 5.23. The van der Waals surface area contributed by atoms with Gasteiger partial charge in [-0.25, -0.2) is 0 Å². The van der Waals surface area contributed by atoms with Crippen molar-refractivity contribution in [1.82, 2.24) is 0 Å². The maximum Gasteiger partial charge on any atom is 0.314 e. The van der Waals surface area contributed by atoms with Gasteiger partial charge in [-0.05, 0) is 30.4 Å². The van der Waals surface area contributed by atoms with Crippen LogP contribution in [0, 0.1) is 16.0 Å². The number of aromatic hydroxyl groups is 2. The Kier molecular flexibility index (Phi) is 7.42. The van der Waals surface area contributed by atoms with Crippen molar-refractivity contribution in [2.24, 2.45) is 11.7 Å². The maximum atomic E-state index is 10.8. The van der Waals surface area contributed by atoms with Gasteiger partial charge in [0.05, 0.1) is 17.1 Å². The zero-order chi connectivity index (χ0) is 15.4. The largest absolute Gasteiger partial charge is 0.504 e. The van der Waals surface area contributed by atoms with E-state index in [2.05, 4.69) is 0 Å². The third-order valence-corrected chi connectivity index (χ3v) is 3.13. The van der Waals surface area contributed by atoms with Crippen molar-refractivity contribution in [2.75, 3.05) is 0 Å². The van der Waals surface area contributed by atoms with Crippen LogP contribution >= 0.6 is 12.4 Å². The number of phenolic OH excluding ortho intramolecular Hbond substituents is 2. The summed E-state index contributed by atoms with van der Waals surface area (Å²) in [6.45, 7) is 4.02. The molecule has 1 aromatic rings. The lowest BCUT2D eigenvalue weighted by atomic mass is 9.95. The van der Waals surface area contributed by atoms with E-state index in [0.29, 0.717) is 12.3 Å². The van der Waals surface area contributed by atoms with Gasteiger partial charge in [-0.2, -0.15) is 0 Å². The van der Waals surface area contributed by atoms with Crippen LogP contribution in [0.4, 0.5) is 5.69 Å². The van der Waals surface area contributed by atoms with E-state index in [9.17, 15) is 25.4 Å². The van der Waals surface area contributed by atoms with Gasteiger partial charge in [0.1, 0.15) is 0 Å². The zero-order valence-corrected chi connectivity index (χ0v) is 12.7. The van der Waals surface area contributed by atoms with Crippen molar-refractivity contribution in [3.8, 4) is 11.5 Å². The van der Waals surface area contributed by atoms with Gasteiger partial charge in [0.2, 0.25) is 5.75 Å². The number of hydrogen-bond donors (Lipinski definition) is 4. The number of nitro groups is 1.